The maximum atomic E-state index is 10.3. The number of aliphatic hydroxyl groups excluding tert-OH is 1. The van der Waals surface area contributed by atoms with E-state index in [0.29, 0.717) is 6.42 Å². The Hall–Kier alpha value is -1.25. The summed E-state index contributed by atoms with van der Waals surface area (Å²) in [6, 6.07) is 0. The van der Waals surface area contributed by atoms with Gasteiger partial charge in [-0.05, 0) is 0 Å². The Morgan fingerprint density at radius 3 is 2.80 bits per heavy atom. The van der Waals surface area contributed by atoms with Crippen LogP contribution in [0, 0.1) is 0 Å². The quantitative estimate of drug-likeness (QED) is 0.369. The van der Waals surface area contributed by atoms with Crippen molar-refractivity contribution in [3.8, 4) is 0 Å². The van der Waals surface area contributed by atoms with E-state index in [-0.39, 0.29) is 5.76 Å². The Labute approximate surface area is 59.6 Å². The van der Waals surface area contributed by atoms with Crippen LogP contribution in [0.2, 0.25) is 0 Å². The van der Waals surface area contributed by atoms with E-state index in [1.165, 1.54) is 0 Å². The summed E-state index contributed by atoms with van der Waals surface area (Å²) in [6.45, 7) is 4.92. The Morgan fingerprint density at radius 2 is 2.40 bits per heavy atom. The van der Waals surface area contributed by atoms with Gasteiger partial charge in [-0.2, -0.15) is 0 Å². The molecule has 0 heterocycles. The fourth-order valence-corrected chi connectivity index (χ4v) is 0.258. The summed E-state index contributed by atoms with van der Waals surface area (Å²) in [5, 5.41) is 8.75. The first kappa shape index (κ1) is 8.75. The maximum absolute atomic E-state index is 10.3. The predicted molar refractivity (Wildman–Crippen MR) is 37.3 cm³/mol. The van der Waals surface area contributed by atoms with E-state index in [9.17, 15) is 4.79 Å². The number of aliphatic hydroxyl groups is 1. The number of rotatable bonds is 3. The van der Waals surface area contributed by atoms with Gasteiger partial charge in [-0.1, -0.05) is 13.5 Å². The van der Waals surface area contributed by atoms with Crippen molar-refractivity contribution in [3.63, 3.8) is 0 Å². The molecule has 0 unspecified atom stereocenters. The Balaban J connectivity index is 3.71. The largest absolute Gasteiger partial charge is 0.509 e. The highest BCUT2D eigenvalue weighted by atomic mass is 16.5. The molecule has 0 rings (SSSR count). The van der Waals surface area contributed by atoms with Crippen LogP contribution in [-0.2, 0) is 9.53 Å². The Kier molecular flexibility index (Phi) is 4.04. The van der Waals surface area contributed by atoms with Gasteiger partial charge in [0.1, 0.15) is 12.0 Å². The van der Waals surface area contributed by atoms with Gasteiger partial charge in [-0.25, -0.2) is 4.79 Å². The standard InChI is InChI=1S/C7H10O3/c1-3-6(8)5-10-7(9)4-2/h4-5,8H,2-3H2,1H3/b6-5+. The van der Waals surface area contributed by atoms with Crippen molar-refractivity contribution in [2.45, 2.75) is 13.3 Å². The van der Waals surface area contributed by atoms with E-state index in [4.69, 9.17) is 5.11 Å². The van der Waals surface area contributed by atoms with Crippen LogP contribution in [0.15, 0.2) is 24.7 Å². The van der Waals surface area contributed by atoms with E-state index in [0.717, 1.165) is 12.3 Å². The van der Waals surface area contributed by atoms with E-state index >= 15 is 0 Å². The minimum atomic E-state index is -0.569. The Bertz CT molecular complexity index is 158. The van der Waals surface area contributed by atoms with Gasteiger partial charge >= 0.3 is 5.97 Å². The highest BCUT2D eigenvalue weighted by molar-refractivity contribution is 5.81. The fourth-order valence-electron chi connectivity index (χ4n) is 0.258. The van der Waals surface area contributed by atoms with Crippen molar-refractivity contribution in [3.05, 3.63) is 24.7 Å². The minimum Gasteiger partial charge on any atom is -0.509 e. The highest BCUT2D eigenvalue weighted by Crippen LogP contribution is 1.94. The molecular weight excluding hydrogens is 132 g/mol. The van der Waals surface area contributed by atoms with Crippen LogP contribution in [-0.4, -0.2) is 11.1 Å². The van der Waals surface area contributed by atoms with Gasteiger partial charge in [0.2, 0.25) is 0 Å². The maximum Gasteiger partial charge on any atom is 0.335 e. The second-order valence-corrected chi connectivity index (χ2v) is 1.60. The average Bonchev–Trinajstić information content (AvgIpc) is 1.99. The summed E-state index contributed by atoms with van der Waals surface area (Å²) in [5.41, 5.74) is 0. The number of hydrogen-bond acceptors (Lipinski definition) is 3. The zero-order chi connectivity index (χ0) is 7.98. The van der Waals surface area contributed by atoms with Crippen LogP contribution in [0.4, 0.5) is 0 Å². The second kappa shape index (κ2) is 4.61. The summed E-state index contributed by atoms with van der Waals surface area (Å²) in [5.74, 6) is -0.532. The molecule has 0 saturated carbocycles. The van der Waals surface area contributed by atoms with Crippen molar-refractivity contribution in [1.82, 2.24) is 0 Å². The van der Waals surface area contributed by atoms with Crippen molar-refractivity contribution in [2.75, 3.05) is 0 Å². The van der Waals surface area contributed by atoms with Gasteiger partial charge in [0.05, 0.1) is 0 Å². The molecule has 0 aromatic heterocycles. The number of carbonyl (C=O) groups excluding carboxylic acids is 1. The molecule has 0 amide bonds. The molecule has 0 spiro atoms. The summed E-state index contributed by atoms with van der Waals surface area (Å²) < 4.78 is 4.37. The molecule has 0 aromatic carbocycles. The number of esters is 1. The normalized spacial score (nSPS) is 10.7. The predicted octanol–water partition coefficient (Wildman–Crippen LogP) is 1.52. The van der Waals surface area contributed by atoms with Crippen molar-refractivity contribution >= 4 is 5.97 Å². The third-order valence-electron chi connectivity index (χ3n) is 0.840. The van der Waals surface area contributed by atoms with Crippen LogP contribution in [0.25, 0.3) is 0 Å². The average molecular weight is 142 g/mol. The van der Waals surface area contributed by atoms with Gasteiger partial charge in [-0.15, -0.1) is 0 Å². The molecule has 0 aliphatic carbocycles. The van der Waals surface area contributed by atoms with E-state index in [2.05, 4.69) is 11.3 Å². The van der Waals surface area contributed by atoms with E-state index in [1.54, 1.807) is 6.92 Å². The highest BCUT2D eigenvalue weighted by Gasteiger charge is 1.92. The molecule has 0 atom stereocenters. The summed E-state index contributed by atoms with van der Waals surface area (Å²) in [4.78, 5) is 10.3. The summed E-state index contributed by atoms with van der Waals surface area (Å²) in [7, 11) is 0. The molecule has 0 radical (unpaired) electrons. The molecule has 0 fully saturated rings. The van der Waals surface area contributed by atoms with Crippen LogP contribution >= 0.6 is 0 Å². The zero-order valence-corrected chi connectivity index (χ0v) is 5.83. The molecule has 3 nitrogen and oxygen atoms in total. The van der Waals surface area contributed by atoms with Gasteiger partial charge in [0.25, 0.3) is 0 Å². The lowest BCUT2D eigenvalue weighted by atomic mass is 10.4. The first-order valence-electron chi connectivity index (χ1n) is 2.91. The molecule has 0 aromatic rings. The molecule has 0 bridgehead atoms. The van der Waals surface area contributed by atoms with Crippen molar-refractivity contribution in [2.24, 2.45) is 0 Å². The molecule has 0 aliphatic rings. The van der Waals surface area contributed by atoms with Crippen molar-refractivity contribution < 1.29 is 14.6 Å². The fraction of sp³-hybridized carbons (Fsp3) is 0.286. The van der Waals surface area contributed by atoms with Crippen LogP contribution < -0.4 is 0 Å². The van der Waals surface area contributed by atoms with Crippen LogP contribution in [0.5, 0.6) is 0 Å². The van der Waals surface area contributed by atoms with Crippen LogP contribution in [0.3, 0.4) is 0 Å². The lowest BCUT2D eigenvalue weighted by molar-refractivity contribution is -0.132. The van der Waals surface area contributed by atoms with Gasteiger partial charge in [-0.3, -0.25) is 0 Å². The zero-order valence-electron chi connectivity index (χ0n) is 5.83. The number of hydrogen-bond donors (Lipinski definition) is 1. The molecule has 0 saturated heterocycles. The Morgan fingerprint density at radius 1 is 1.80 bits per heavy atom. The molecule has 10 heavy (non-hydrogen) atoms. The number of carbonyl (C=O) groups is 1. The first-order chi connectivity index (χ1) is 4.70. The number of allylic oxidation sites excluding steroid dienone is 1. The van der Waals surface area contributed by atoms with Crippen molar-refractivity contribution in [1.29, 1.82) is 0 Å². The van der Waals surface area contributed by atoms with Crippen LogP contribution in [0.1, 0.15) is 13.3 Å². The van der Waals surface area contributed by atoms with Gasteiger partial charge in [0, 0.05) is 12.5 Å². The van der Waals surface area contributed by atoms with E-state index in [1.807, 2.05) is 0 Å². The van der Waals surface area contributed by atoms with Gasteiger partial charge < -0.3 is 9.84 Å². The van der Waals surface area contributed by atoms with Gasteiger partial charge in [0.15, 0.2) is 0 Å². The molecule has 3 heteroatoms. The first-order valence-corrected chi connectivity index (χ1v) is 2.91. The topological polar surface area (TPSA) is 46.5 Å². The second-order valence-electron chi connectivity index (χ2n) is 1.60. The monoisotopic (exact) mass is 142 g/mol. The smallest absolute Gasteiger partial charge is 0.335 e. The molecular formula is C7H10O3. The lowest BCUT2D eigenvalue weighted by Gasteiger charge is -1.93. The van der Waals surface area contributed by atoms with E-state index < -0.39 is 5.97 Å². The lowest BCUT2D eigenvalue weighted by Crippen LogP contribution is -1.93. The molecule has 56 valence electrons. The third-order valence-corrected chi connectivity index (χ3v) is 0.840. The molecule has 1 N–H and O–H groups in total. The summed E-state index contributed by atoms with van der Waals surface area (Å²) in [6.07, 6.45) is 2.48. The molecule has 0 aliphatic heterocycles. The third kappa shape index (κ3) is 3.72. The number of ether oxygens (including phenoxy) is 1. The summed E-state index contributed by atoms with van der Waals surface area (Å²) >= 11 is 0. The minimum absolute atomic E-state index is 0.0372. The SMILES string of the molecule is C=CC(=O)O/C=C(/O)CC.